The maximum Gasteiger partial charge on any atom is 0.243 e. The number of ether oxygens (including phenoxy) is 1. The standard InChI is InChI=1S/C23H38N6O4S/c1-5-8-20-24-16(4)21-23(30)25-22(26-29(20)21)18-15-17(9-10-19(18)33-7-3)34(31,32)28-13-11-27(6-2)12-14-28/h9-10,15-16,20-22,24,26H,5-8,11-14H2,1-4H3,(H,25,30). The Balaban J connectivity index is 1.63. The minimum absolute atomic E-state index is 0.00450. The first-order valence-corrected chi connectivity index (χ1v) is 13.8. The molecule has 3 N–H and O–H groups in total. The number of nitrogens with zero attached hydrogens (tertiary/aromatic N) is 3. The van der Waals surface area contributed by atoms with Crippen molar-refractivity contribution in [3.63, 3.8) is 0 Å². The van der Waals surface area contributed by atoms with E-state index in [2.05, 4.69) is 34.8 Å². The van der Waals surface area contributed by atoms with E-state index in [1.807, 2.05) is 18.9 Å². The Morgan fingerprint density at radius 1 is 1.12 bits per heavy atom. The zero-order chi connectivity index (χ0) is 24.5. The highest BCUT2D eigenvalue weighted by atomic mass is 32.2. The second-order valence-electron chi connectivity index (χ2n) is 9.15. The van der Waals surface area contributed by atoms with Crippen molar-refractivity contribution in [2.75, 3.05) is 39.3 Å². The van der Waals surface area contributed by atoms with Gasteiger partial charge in [-0.1, -0.05) is 20.3 Å². The smallest absolute Gasteiger partial charge is 0.243 e. The maximum absolute atomic E-state index is 13.5. The van der Waals surface area contributed by atoms with Gasteiger partial charge in [0.05, 0.1) is 17.7 Å². The summed E-state index contributed by atoms with van der Waals surface area (Å²) in [6.45, 7) is 11.8. The molecule has 1 aromatic carbocycles. The molecule has 0 aromatic heterocycles. The Bertz CT molecular complexity index is 982. The van der Waals surface area contributed by atoms with Crippen LogP contribution in [0.5, 0.6) is 5.75 Å². The second kappa shape index (κ2) is 10.5. The molecule has 0 spiro atoms. The summed E-state index contributed by atoms with van der Waals surface area (Å²) >= 11 is 0. The lowest BCUT2D eigenvalue weighted by molar-refractivity contribution is -0.134. The normalized spacial score (nSPS) is 29.1. The van der Waals surface area contributed by atoms with Gasteiger partial charge in [-0.05, 0) is 45.0 Å². The fourth-order valence-electron chi connectivity index (χ4n) is 5.12. The monoisotopic (exact) mass is 494 g/mol. The maximum atomic E-state index is 13.5. The van der Waals surface area contributed by atoms with Crippen molar-refractivity contribution in [1.82, 2.24) is 30.3 Å². The number of rotatable bonds is 8. The number of amides is 1. The molecule has 0 aliphatic carbocycles. The predicted octanol–water partition coefficient (Wildman–Crippen LogP) is 0.833. The summed E-state index contributed by atoms with van der Waals surface area (Å²) in [7, 11) is -3.66. The molecule has 190 valence electrons. The van der Waals surface area contributed by atoms with Gasteiger partial charge >= 0.3 is 0 Å². The van der Waals surface area contributed by atoms with E-state index < -0.39 is 16.2 Å². The van der Waals surface area contributed by atoms with Crippen LogP contribution in [-0.4, -0.2) is 86.1 Å². The lowest BCUT2D eigenvalue weighted by atomic mass is 10.1. The van der Waals surface area contributed by atoms with E-state index in [-0.39, 0.29) is 29.1 Å². The molecule has 3 saturated heterocycles. The van der Waals surface area contributed by atoms with Crippen molar-refractivity contribution in [3.05, 3.63) is 23.8 Å². The number of carbonyl (C=O) groups is 1. The third-order valence-electron chi connectivity index (χ3n) is 6.97. The molecule has 1 aromatic rings. The quantitative estimate of drug-likeness (QED) is 0.488. The first-order valence-electron chi connectivity index (χ1n) is 12.4. The van der Waals surface area contributed by atoms with Crippen molar-refractivity contribution in [1.29, 1.82) is 0 Å². The van der Waals surface area contributed by atoms with Crippen LogP contribution < -0.4 is 20.8 Å². The number of carbonyl (C=O) groups excluding carboxylic acids is 1. The number of hydrazine groups is 1. The number of hydrogen-bond donors (Lipinski definition) is 3. The molecule has 3 aliphatic rings. The van der Waals surface area contributed by atoms with Gasteiger partial charge in [0.15, 0.2) is 0 Å². The summed E-state index contributed by atoms with van der Waals surface area (Å²) in [6.07, 6.45) is 1.30. The van der Waals surface area contributed by atoms with Crippen molar-refractivity contribution < 1.29 is 17.9 Å². The van der Waals surface area contributed by atoms with Crippen molar-refractivity contribution in [2.24, 2.45) is 0 Å². The second-order valence-corrected chi connectivity index (χ2v) is 11.1. The molecule has 4 unspecified atom stereocenters. The zero-order valence-electron chi connectivity index (χ0n) is 20.6. The van der Waals surface area contributed by atoms with E-state index in [0.717, 1.165) is 32.5 Å². The largest absolute Gasteiger partial charge is 0.493 e. The molecule has 3 fully saturated rings. The van der Waals surface area contributed by atoms with Crippen LogP contribution in [0.3, 0.4) is 0 Å². The molecule has 4 rings (SSSR count). The fourth-order valence-corrected chi connectivity index (χ4v) is 6.58. The Kier molecular flexibility index (Phi) is 7.80. The van der Waals surface area contributed by atoms with E-state index in [4.69, 9.17) is 4.74 Å². The molecule has 0 radical (unpaired) electrons. The number of fused-ring (bicyclic) bond motifs is 1. The molecule has 1 amide bonds. The molecule has 10 nitrogen and oxygen atoms in total. The molecule has 11 heteroatoms. The molecular weight excluding hydrogens is 456 g/mol. The molecule has 34 heavy (non-hydrogen) atoms. The number of likely N-dealkylation sites (N-methyl/N-ethyl adjacent to an activating group) is 1. The number of piperazine rings is 1. The zero-order valence-corrected chi connectivity index (χ0v) is 21.4. The Labute approximate surface area is 203 Å². The topological polar surface area (TPSA) is 106 Å². The number of sulfonamides is 1. The summed E-state index contributed by atoms with van der Waals surface area (Å²) < 4.78 is 34.3. The summed E-state index contributed by atoms with van der Waals surface area (Å²) in [4.78, 5) is 15.5. The highest BCUT2D eigenvalue weighted by Gasteiger charge is 2.47. The minimum atomic E-state index is -3.66. The van der Waals surface area contributed by atoms with Gasteiger partial charge in [-0.2, -0.15) is 4.31 Å². The summed E-state index contributed by atoms with van der Waals surface area (Å²) in [6, 6.07) is 4.62. The van der Waals surface area contributed by atoms with Crippen molar-refractivity contribution in [2.45, 2.75) is 69.8 Å². The van der Waals surface area contributed by atoms with Crippen LogP contribution in [0.1, 0.15) is 52.3 Å². The molecule has 3 aliphatic heterocycles. The summed E-state index contributed by atoms with van der Waals surface area (Å²) in [5.41, 5.74) is 4.05. The van der Waals surface area contributed by atoms with Crippen LogP contribution in [0, 0.1) is 0 Å². The van der Waals surface area contributed by atoms with Gasteiger partial charge < -0.3 is 15.0 Å². The van der Waals surface area contributed by atoms with Gasteiger partial charge in [-0.25, -0.2) is 18.9 Å². The third kappa shape index (κ3) is 4.82. The van der Waals surface area contributed by atoms with Crippen molar-refractivity contribution >= 4 is 15.9 Å². The fraction of sp³-hybridized carbons (Fsp3) is 0.696. The Morgan fingerprint density at radius 2 is 1.85 bits per heavy atom. The SMILES string of the molecule is CCCC1NC(C)C2C(=O)NC(c3cc(S(=O)(=O)N4CCN(CC)CC4)ccc3OCC)NN12. The lowest BCUT2D eigenvalue weighted by Gasteiger charge is -2.39. The number of nitrogens with one attached hydrogen (secondary N) is 3. The van der Waals surface area contributed by atoms with Gasteiger partial charge in [0, 0.05) is 37.8 Å². The van der Waals surface area contributed by atoms with E-state index in [1.165, 1.54) is 0 Å². The summed E-state index contributed by atoms with van der Waals surface area (Å²) in [5.74, 6) is 0.467. The summed E-state index contributed by atoms with van der Waals surface area (Å²) in [5, 5.41) is 8.52. The molecule has 3 heterocycles. The highest BCUT2D eigenvalue weighted by Crippen LogP contribution is 2.32. The number of benzene rings is 1. The van der Waals surface area contributed by atoms with Crippen molar-refractivity contribution in [3.8, 4) is 5.75 Å². The lowest BCUT2D eigenvalue weighted by Crippen LogP contribution is -2.64. The molecular formula is C23H38N6O4S. The van der Waals surface area contributed by atoms with Gasteiger partial charge in [-0.15, -0.1) is 0 Å². The van der Waals surface area contributed by atoms with E-state index in [9.17, 15) is 13.2 Å². The predicted molar refractivity (Wildman–Crippen MR) is 129 cm³/mol. The van der Waals surface area contributed by atoms with E-state index in [0.29, 0.717) is 31.0 Å². The number of hydrogen-bond acceptors (Lipinski definition) is 8. The molecule has 0 bridgehead atoms. The minimum Gasteiger partial charge on any atom is -0.493 e. The Hall–Kier alpha value is -1.76. The van der Waals surface area contributed by atoms with E-state index >= 15 is 0 Å². The van der Waals surface area contributed by atoms with Crippen LogP contribution >= 0.6 is 0 Å². The molecule has 0 saturated carbocycles. The van der Waals surface area contributed by atoms with Gasteiger partial charge in [0.2, 0.25) is 15.9 Å². The van der Waals surface area contributed by atoms with Crippen LogP contribution in [0.25, 0.3) is 0 Å². The molecule has 4 atom stereocenters. The van der Waals surface area contributed by atoms with Crippen LogP contribution in [-0.2, 0) is 14.8 Å². The average molecular weight is 495 g/mol. The first-order chi connectivity index (χ1) is 16.3. The van der Waals surface area contributed by atoms with Gasteiger partial charge in [0.1, 0.15) is 18.0 Å². The van der Waals surface area contributed by atoms with Gasteiger partial charge in [0.25, 0.3) is 0 Å². The van der Waals surface area contributed by atoms with Crippen LogP contribution in [0.15, 0.2) is 23.1 Å². The average Bonchev–Trinajstić information content (AvgIpc) is 3.15. The third-order valence-corrected chi connectivity index (χ3v) is 8.86. The van der Waals surface area contributed by atoms with Crippen LogP contribution in [0.2, 0.25) is 0 Å². The first kappa shape index (κ1) is 25.3. The van der Waals surface area contributed by atoms with Crippen LogP contribution in [0.4, 0.5) is 0 Å². The van der Waals surface area contributed by atoms with Gasteiger partial charge in [-0.3, -0.25) is 10.1 Å². The highest BCUT2D eigenvalue weighted by molar-refractivity contribution is 7.89. The van der Waals surface area contributed by atoms with E-state index in [1.54, 1.807) is 22.5 Å². The Morgan fingerprint density at radius 3 is 2.50 bits per heavy atom.